The van der Waals surface area contributed by atoms with E-state index in [0.29, 0.717) is 18.1 Å². The first-order chi connectivity index (χ1) is 11.7. The third kappa shape index (κ3) is 3.82. The summed E-state index contributed by atoms with van der Waals surface area (Å²) in [7, 11) is 1.55. The van der Waals surface area contributed by atoms with E-state index in [1.165, 1.54) is 29.8 Å². The highest BCUT2D eigenvalue weighted by Gasteiger charge is 2.34. The van der Waals surface area contributed by atoms with Crippen molar-refractivity contribution < 1.29 is 14.3 Å². The molecular formula is C18H22N2O3S. The Labute approximate surface area is 146 Å². The minimum Gasteiger partial charge on any atom is -0.383 e. The Balaban J connectivity index is 1.69. The number of amides is 2. The first-order valence-corrected chi connectivity index (χ1v) is 9.10. The van der Waals surface area contributed by atoms with Crippen molar-refractivity contribution in [3.8, 4) is 0 Å². The van der Waals surface area contributed by atoms with Gasteiger partial charge in [0.2, 0.25) is 0 Å². The SMILES string of the molecule is COCCN1C(=O)S/C(=C/c2ccc(N3CCCCC3)cc2)C1=O. The second kappa shape index (κ2) is 7.85. The summed E-state index contributed by atoms with van der Waals surface area (Å²) in [5.74, 6) is -0.234. The summed E-state index contributed by atoms with van der Waals surface area (Å²) in [6.07, 6.45) is 5.60. The van der Waals surface area contributed by atoms with Gasteiger partial charge in [-0.15, -0.1) is 0 Å². The molecule has 6 heteroatoms. The average Bonchev–Trinajstić information content (AvgIpc) is 2.88. The van der Waals surface area contributed by atoms with Gasteiger partial charge in [0.1, 0.15) is 0 Å². The van der Waals surface area contributed by atoms with Crippen LogP contribution in [0.1, 0.15) is 24.8 Å². The highest BCUT2D eigenvalue weighted by molar-refractivity contribution is 8.18. The summed E-state index contributed by atoms with van der Waals surface area (Å²) < 4.78 is 4.95. The molecule has 1 aromatic carbocycles. The molecule has 0 N–H and O–H groups in total. The number of anilines is 1. The van der Waals surface area contributed by atoms with Gasteiger partial charge < -0.3 is 9.64 Å². The molecule has 2 amide bonds. The van der Waals surface area contributed by atoms with E-state index in [9.17, 15) is 9.59 Å². The third-order valence-corrected chi connectivity index (χ3v) is 5.21. The Kier molecular flexibility index (Phi) is 5.58. The molecule has 2 fully saturated rings. The second-order valence-corrected chi connectivity index (χ2v) is 6.96. The topological polar surface area (TPSA) is 49.9 Å². The highest BCUT2D eigenvalue weighted by atomic mass is 32.2. The van der Waals surface area contributed by atoms with Crippen LogP contribution in [0.2, 0.25) is 0 Å². The number of piperidine rings is 1. The first kappa shape index (κ1) is 17.0. The Bertz CT molecular complexity index is 636. The number of hydrogen-bond donors (Lipinski definition) is 0. The van der Waals surface area contributed by atoms with Gasteiger partial charge in [0.15, 0.2) is 0 Å². The largest absolute Gasteiger partial charge is 0.383 e. The van der Waals surface area contributed by atoms with E-state index in [4.69, 9.17) is 4.74 Å². The fourth-order valence-corrected chi connectivity index (χ4v) is 3.83. The summed E-state index contributed by atoms with van der Waals surface area (Å²) in [4.78, 5) is 28.3. The van der Waals surface area contributed by atoms with Crippen LogP contribution < -0.4 is 4.90 Å². The fourth-order valence-electron chi connectivity index (χ4n) is 2.96. The lowest BCUT2D eigenvalue weighted by Gasteiger charge is -2.28. The van der Waals surface area contributed by atoms with Crippen LogP contribution in [0.15, 0.2) is 29.2 Å². The molecule has 0 atom stereocenters. The van der Waals surface area contributed by atoms with Crippen molar-refractivity contribution in [1.82, 2.24) is 4.90 Å². The fraction of sp³-hybridized carbons (Fsp3) is 0.444. The van der Waals surface area contributed by atoms with Crippen molar-refractivity contribution in [2.45, 2.75) is 19.3 Å². The van der Waals surface area contributed by atoms with Gasteiger partial charge in [0.05, 0.1) is 18.1 Å². The molecule has 128 valence electrons. The van der Waals surface area contributed by atoms with Crippen LogP contribution in [0.25, 0.3) is 6.08 Å². The molecule has 24 heavy (non-hydrogen) atoms. The molecule has 2 aliphatic heterocycles. The van der Waals surface area contributed by atoms with Crippen molar-refractivity contribution >= 4 is 34.7 Å². The quantitative estimate of drug-likeness (QED) is 0.765. The molecule has 1 aromatic rings. The van der Waals surface area contributed by atoms with Crippen molar-refractivity contribution in [2.75, 3.05) is 38.3 Å². The van der Waals surface area contributed by atoms with E-state index >= 15 is 0 Å². The molecular weight excluding hydrogens is 324 g/mol. The lowest BCUT2D eigenvalue weighted by molar-refractivity contribution is -0.123. The molecule has 0 saturated carbocycles. The molecule has 0 aliphatic carbocycles. The molecule has 0 radical (unpaired) electrons. The molecule has 2 aliphatic rings. The van der Waals surface area contributed by atoms with E-state index < -0.39 is 0 Å². The number of rotatable bonds is 5. The molecule has 3 rings (SSSR count). The number of ether oxygens (including phenoxy) is 1. The monoisotopic (exact) mass is 346 g/mol. The number of carbonyl (C=O) groups is 2. The van der Waals surface area contributed by atoms with Crippen LogP contribution in [-0.4, -0.2) is 49.4 Å². The van der Waals surface area contributed by atoms with Crippen molar-refractivity contribution in [3.63, 3.8) is 0 Å². The van der Waals surface area contributed by atoms with Crippen LogP contribution in [-0.2, 0) is 9.53 Å². The third-order valence-electron chi connectivity index (χ3n) is 4.30. The zero-order valence-corrected chi connectivity index (χ0v) is 14.7. The zero-order chi connectivity index (χ0) is 16.9. The predicted molar refractivity (Wildman–Crippen MR) is 97.1 cm³/mol. The number of nitrogens with zero attached hydrogens (tertiary/aromatic N) is 2. The first-order valence-electron chi connectivity index (χ1n) is 8.28. The summed E-state index contributed by atoms with van der Waals surface area (Å²) in [5, 5.41) is -0.228. The minimum absolute atomic E-state index is 0.228. The summed E-state index contributed by atoms with van der Waals surface area (Å²) >= 11 is 0.992. The lowest BCUT2D eigenvalue weighted by Crippen LogP contribution is -2.31. The van der Waals surface area contributed by atoms with Crippen molar-refractivity contribution in [3.05, 3.63) is 34.7 Å². The maximum atomic E-state index is 12.3. The number of thioether (sulfide) groups is 1. The van der Waals surface area contributed by atoms with E-state index in [2.05, 4.69) is 17.0 Å². The highest BCUT2D eigenvalue weighted by Crippen LogP contribution is 2.32. The molecule has 0 spiro atoms. The van der Waals surface area contributed by atoms with Crippen molar-refractivity contribution in [2.24, 2.45) is 0 Å². The van der Waals surface area contributed by atoms with Crippen LogP contribution in [0.4, 0.5) is 10.5 Å². The zero-order valence-electron chi connectivity index (χ0n) is 13.9. The van der Waals surface area contributed by atoms with Gasteiger partial charge in [-0.1, -0.05) is 12.1 Å². The Hall–Kier alpha value is -1.79. The normalized spacial score (nSPS) is 20.3. The van der Waals surface area contributed by atoms with Crippen molar-refractivity contribution in [1.29, 1.82) is 0 Å². The molecule has 0 unspecified atom stereocenters. The van der Waals surface area contributed by atoms with Crippen LogP contribution >= 0.6 is 11.8 Å². The number of imide groups is 1. The van der Waals surface area contributed by atoms with Gasteiger partial charge in [-0.05, 0) is 54.8 Å². The van der Waals surface area contributed by atoms with Gasteiger partial charge in [0.25, 0.3) is 11.1 Å². The van der Waals surface area contributed by atoms with Gasteiger partial charge in [0, 0.05) is 25.9 Å². The average molecular weight is 346 g/mol. The number of carbonyl (C=O) groups excluding carboxylic acids is 2. The Morgan fingerprint density at radius 1 is 1.12 bits per heavy atom. The standard InChI is InChI=1S/C18H22N2O3S/c1-23-12-11-20-17(21)16(24-18(20)22)13-14-5-7-15(8-6-14)19-9-3-2-4-10-19/h5-8,13H,2-4,9-12H2,1H3/b16-13+. The maximum absolute atomic E-state index is 12.3. The molecule has 0 aromatic heterocycles. The maximum Gasteiger partial charge on any atom is 0.293 e. The minimum atomic E-state index is -0.234. The molecule has 5 nitrogen and oxygen atoms in total. The van der Waals surface area contributed by atoms with Gasteiger partial charge in [-0.3, -0.25) is 14.5 Å². The van der Waals surface area contributed by atoms with Gasteiger partial charge in [-0.25, -0.2) is 0 Å². The molecule has 0 bridgehead atoms. The summed E-state index contributed by atoms with van der Waals surface area (Å²) in [6.45, 7) is 2.87. The smallest absolute Gasteiger partial charge is 0.293 e. The second-order valence-electron chi connectivity index (χ2n) is 5.97. The van der Waals surface area contributed by atoms with Crippen LogP contribution in [0, 0.1) is 0 Å². The molecule has 2 heterocycles. The van der Waals surface area contributed by atoms with Crippen LogP contribution in [0.3, 0.4) is 0 Å². The van der Waals surface area contributed by atoms with E-state index in [-0.39, 0.29) is 11.1 Å². The number of methoxy groups -OCH3 is 1. The van der Waals surface area contributed by atoms with E-state index in [1.807, 2.05) is 12.1 Å². The van der Waals surface area contributed by atoms with Crippen LogP contribution in [0.5, 0.6) is 0 Å². The van der Waals surface area contributed by atoms with Gasteiger partial charge in [-0.2, -0.15) is 0 Å². The number of benzene rings is 1. The number of hydrogen-bond acceptors (Lipinski definition) is 5. The van der Waals surface area contributed by atoms with Gasteiger partial charge >= 0.3 is 0 Å². The lowest BCUT2D eigenvalue weighted by atomic mass is 10.1. The van der Waals surface area contributed by atoms with E-state index in [1.54, 1.807) is 13.2 Å². The van der Waals surface area contributed by atoms with E-state index in [0.717, 1.165) is 30.4 Å². The predicted octanol–water partition coefficient (Wildman–Crippen LogP) is 3.36. The summed E-state index contributed by atoms with van der Waals surface area (Å²) in [6, 6.07) is 8.19. The molecule has 2 saturated heterocycles. The Morgan fingerprint density at radius 3 is 2.50 bits per heavy atom. The Morgan fingerprint density at radius 2 is 1.83 bits per heavy atom. The summed E-state index contributed by atoms with van der Waals surface area (Å²) in [5.41, 5.74) is 2.16.